The number of carbonyl (C=O) groups is 1. The van der Waals surface area contributed by atoms with Crippen molar-refractivity contribution in [3.63, 3.8) is 0 Å². The van der Waals surface area contributed by atoms with Crippen LogP contribution in [0.5, 0.6) is 0 Å². The zero-order chi connectivity index (χ0) is 14.5. The minimum atomic E-state index is -0.609. The normalized spacial score (nSPS) is 11.2. The van der Waals surface area contributed by atoms with Crippen LogP contribution in [0.2, 0.25) is 5.02 Å². The first-order chi connectivity index (χ1) is 9.56. The standard InChI is InChI=1S/C15H13ClN2O2/c1-10-5-7-11(8-6-10)14(17)18-20-15(19)12-3-2-4-13(16)9-12/h2-9H,1H3,(H2,17,18). The molecule has 2 rings (SSSR count). The molecule has 0 saturated heterocycles. The molecule has 0 spiro atoms. The SMILES string of the molecule is Cc1ccc(C(N)=NOC(=O)c2cccc(Cl)c2)cc1. The molecule has 0 aliphatic rings. The van der Waals surface area contributed by atoms with Crippen LogP contribution in [-0.2, 0) is 4.84 Å². The summed E-state index contributed by atoms with van der Waals surface area (Å²) in [6.45, 7) is 1.97. The van der Waals surface area contributed by atoms with Crippen LogP contribution in [0.25, 0.3) is 0 Å². The number of nitrogens with two attached hydrogens (primary N) is 1. The van der Waals surface area contributed by atoms with Gasteiger partial charge >= 0.3 is 5.97 Å². The van der Waals surface area contributed by atoms with Crippen molar-refractivity contribution in [2.24, 2.45) is 10.9 Å². The molecular formula is C15H13ClN2O2. The number of nitrogens with zero attached hydrogens (tertiary/aromatic N) is 1. The summed E-state index contributed by atoms with van der Waals surface area (Å²) in [4.78, 5) is 16.5. The summed E-state index contributed by atoms with van der Waals surface area (Å²) in [5.74, 6) is -0.470. The van der Waals surface area contributed by atoms with Gasteiger partial charge in [0.1, 0.15) is 0 Å². The maximum Gasteiger partial charge on any atom is 0.365 e. The smallest absolute Gasteiger partial charge is 0.365 e. The second-order valence-electron chi connectivity index (χ2n) is 4.23. The van der Waals surface area contributed by atoms with Crippen LogP contribution in [0, 0.1) is 6.92 Å². The summed E-state index contributed by atoms with van der Waals surface area (Å²) in [6.07, 6.45) is 0. The number of halogens is 1. The number of benzene rings is 2. The van der Waals surface area contributed by atoms with Crippen molar-refractivity contribution < 1.29 is 9.63 Å². The number of amidine groups is 1. The molecule has 2 aromatic rings. The van der Waals surface area contributed by atoms with E-state index in [1.165, 1.54) is 6.07 Å². The lowest BCUT2D eigenvalue weighted by Gasteiger charge is -2.02. The Labute approximate surface area is 121 Å². The highest BCUT2D eigenvalue weighted by atomic mass is 35.5. The fourth-order valence-corrected chi connectivity index (χ4v) is 1.73. The van der Waals surface area contributed by atoms with E-state index in [1.807, 2.05) is 19.1 Å². The van der Waals surface area contributed by atoms with Gasteiger partial charge in [-0.3, -0.25) is 0 Å². The zero-order valence-electron chi connectivity index (χ0n) is 10.8. The Bertz CT molecular complexity index is 651. The minimum absolute atomic E-state index is 0.139. The Balaban J connectivity index is 2.08. The van der Waals surface area contributed by atoms with Crippen LogP contribution in [0.4, 0.5) is 0 Å². The van der Waals surface area contributed by atoms with Gasteiger partial charge in [0.05, 0.1) is 5.56 Å². The Morgan fingerprint density at radius 3 is 2.50 bits per heavy atom. The molecule has 2 aromatic carbocycles. The average Bonchev–Trinajstić information content (AvgIpc) is 2.45. The third kappa shape index (κ3) is 3.59. The van der Waals surface area contributed by atoms with E-state index in [9.17, 15) is 4.79 Å². The molecule has 0 fully saturated rings. The topological polar surface area (TPSA) is 64.7 Å². The monoisotopic (exact) mass is 288 g/mol. The molecule has 0 amide bonds. The first-order valence-corrected chi connectivity index (χ1v) is 6.31. The van der Waals surface area contributed by atoms with Crippen LogP contribution in [0.15, 0.2) is 53.7 Å². The molecule has 0 unspecified atom stereocenters. The van der Waals surface area contributed by atoms with Gasteiger partial charge < -0.3 is 10.6 Å². The lowest BCUT2D eigenvalue weighted by Crippen LogP contribution is -2.15. The molecule has 0 aliphatic carbocycles. The molecule has 0 bridgehead atoms. The molecule has 2 N–H and O–H groups in total. The highest BCUT2D eigenvalue weighted by molar-refractivity contribution is 6.30. The van der Waals surface area contributed by atoms with E-state index in [-0.39, 0.29) is 5.84 Å². The van der Waals surface area contributed by atoms with Crippen LogP contribution in [0.1, 0.15) is 21.5 Å². The number of oxime groups is 1. The third-order valence-electron chi connectivity index (χ3n) is 2.63. The lowest BCUT2D eigenvalue weighted by atomic mass is 10.1. The Kier molecular flexibility index (Phi) is 4.38. The summed E-state index contributed by atoms with van der Waals surface area (Å²) in [5.41, 5.74) is 7.86. The summed E-state index contributed by atoms with van der Waals surface area (Å²) in [5, 5.41) is 4.09. The fraction of sp³-hybridized carbons (Fsp3) is 0.0667. The number of carbonyl (C=O) groups excluding carboxylic acids is 1. The van der Waals surface area contributed by atoms with Crippen LogP contribution in [0.3, 0.4) is 0 Å². The van der Waals surface area contributed by atoms with Crippen molar-refractivity contribution >= 4 is 23.4 Å². The summed E-state index contributed by atoms with van der Waals surface area (Å²) < 4.78 is 0. The highest BCUT2D eigenvalue weighted by Gasteiger charge is 2.08. The van der Waals surface area contributed by atoms with Gasteiger partial charge in [-0.1, -0.05) is 52.7 Å². The number of hydrogen-bond donors (Lipinski definition) is 1. The van der Waals surface area contributed by atoms with Gasteiger partial charge in [-0.15, -0.1) is 0 Å². The second-order valence-corrected chi connectivity index (χ2v) is 4.67. The predicted octanol–water partition coefficient (Wildman–Crippen LogP) is 3.13. The van der Waals surface area contributed by atoms with Gasteiger partial charge in [-0.2, -0.15) is 0 Å². The van der Waals surface area contributed by atoms with Gasteiger partial charge in [0.15, 0.2) is 5.84 Å². The van der Waals surface area contributed by atoms with Crippen LogP contribution in [-0.4, -0.2) is 11.8 Å². The maximum atomic E-state index is 11.7. The van der Waals surface area contributed by atoms with Crippen molar-refractivity contribution in [2.45, 2.75) is 6.92 Å². The zero-order valence-corrected chi connectivity index (χ0v) is 11.6. The molecule has 20 heavy (non-hydrogen) atoms. The van der Waals surface area contributed by atoms with E-state index in [0.29, 0.717) is 16.1 Å². The van der Waals surface area contributed by atoms with Crippen LogP contribution >= 0.6 is 11.6 Å². The third-order valence-corrected chi connectivity index (χ3v) is 2.87. The molecule has 0 saturated carbocycles. The maximum absolute atomic E-state index is 11.7. The van der Waals surface area contributed by atoms with Crippen molar-refractivity contribution in [1.29, 1.82) is 0 Å². The van der Waals surface area contributed by atoms with Gasteiger partial charge in [0.2, 0.25) is 0 Å². The fourth-order valence-electron chi connectivity index (χ4n) is 1.54. The van der Waals surface area contributed by atoms with E-state index in [1.54, 1.807) is 30.3 Å². The first-order valence-electron chi connectivity index (χ1n) is 5.93. The van der Waals surface area contributed by atoms with Crippen molar-refractivity contribution in [3.05, 3.63) is 70.2 Å². The Hall–Kier alpha value is -2.33. The van der Waals surface area contributed by atoms with E-state index >= 15 is 0 Å². The molecule has 0 aliphatic heterocycles. The summed E-state index contributed by atoms with van der Waals surface area (Å²) in [7, 11) is 0. The molecule has 102 valence electrons. The summed E-state index contributed by atoms with van der Waals surface area (Å²) >= 11 is 5.79. The lowest BCUT2D eigenvalue weighted by molar-refractivity contribution is 0.0516. The number of hydrogen-bond acceptors (Lipinski definition) is 3. The van der Waals surface area contributed by atoms with Crippen LogP contribution < -0.4 is 5.73 Å². The van der Waals surface area contributed by atoms with E-state index < -0.39 is 5.97 Å². The van der Waals surface area contributed by atoms with Gasteiger partial charge in [0.25, 0.3) is 0 Å². The Morgan fingerprint density at radius 2 is 1.85 bits per heavy atom. The van der Waals surface area contributed by atoms with Gasteiger partial charge in [-0.05, 0) is 25.1 Å². The van der Waals surface area contributed by atoms with Gasteiger partial charge in [-0.25, -0.2) is 4.79 Å². The minimum Gasteiger partial charge on any atom is -0.380 e. The van der Waals surface area contributed by atoms with E-state index in [4.69, 9.17) is 22.2 Å². The molecule has 5 heteroatoms. The molecule has 0 aromatic heterocycles. The average molecular weight is 289 g/mol. The number of aryl methyl sites for hydroxylation is 1. The molecule has 0 heterocycles. The highest BCUT2D eigenvalue weighted by Crippen LogP contribution is 2.12. The molecule has 0 atom stereocenters. The largest absolute Gasteiger partial charge is 0.380 e. The molecule has 4 nitrogen and oxygen atoms in total. The van der Waals surface area contributed by atoms with E-state index in [0.717, 1.165) is 5.56 Å². The van der Waals surface area contributed by atoms with Gasteiger partial charge in [0, 0.05) is 10.6 Å². The summed E-state index contributed by atoms with van der Waals surface area (Å²) in [6, 6.07) is 13.8. The second kappa shape index (κ2) is 6.21. The van der Waals surface area contributed by atoms with Crippen molar-refractivity contribution in [1.82, 2.24) is 0 Å². The van der Waals surface area contributed by atoms with Crippen molar-refractivity contribution in [3.8, 4) is 0 Å². The first kappa shape index (κ1) is 14.1. The molecular weight excluding hydrogens is 276 g/mol. The van der Waals surface area contributed by atoms with Crippen molar-refractivity contribution in [2.75, 3.05) is 0 Å². The Morgan fingerprint density at radius 1 is 1.15 bits per heavy atom. The quantitative estimate of drug-likeness (QED) is 0.408. The molecule has 0 radical (unpaired) electrons. The van der Waals surface area contributed by atoms with E-state index in [2.05, 4.69) is 5.16 Å². The number of rotatable bonds is 3. The predicted molar refractivity (Wildman–Crippen MR) is 78.8 cm³/mol.